The fourth-order valence-electron chi connectivity index (χ4n) is 3.44. The van der Waals surface area contributed by atoms with Gasteiger partial charge < -0.3 is 14.6 Å². The zero-order chi connectivity index (χ0) is 24.2. The maximum Gasteiger partial charge on any atom is 0.291 e. The molecular formula is C24H28ClN3O4S. The van der Waals surface area contributed by atoms with Gasteiger partial charge in [0, 0.05) is 43.1 Å². The summed E-state index contributed by atoms with van der Waals surface area (Å²) in [6.07, 6.45) is 2.06. The third-order valence-electron chi connectivity index (χ3n) is 5.38. The molecule has 1 aromatic heterocycles. The number of benzene rings is 2. The van der Waals surface area contributed by atoms with Gasteiger partial charge in [0.05, 0.1) is 11.2 Å². The second-order valence-corrected chi connectivity index (χ2v) is 10.3. The molecule has 176 valence electrons. The summed E-state index contributed by atoms with van der Waals surface area (Å²) in [5, 5.41) is 3.17. The Kier molecular flexibility index (Phi) is 7.84. The van der Waals surface area contributed by atoms with Crippen molar-refractivity contribution in [2.24, 2.45) is 0 Å². The van der Waals surface area contributed by atoms with Gasteiger partial charge in [-0.15, -0.1) is 0 Å². The average Bonchev–Trinajstić information content (AvgIpc) is 3.32. The molecular weight excluding hydrogens is 462 g/mol. The molecule has 1 heterocycles. The number of anilines is 2. The summed E-state index contributed by atoms with van der Waals surface area (Å²) in [6, 6.07) is 14.6. The summed E-state index contributed by atoms with van der Waals surface area (Å²) in [7, 11) is -0.0431. The third kappa shape index (κ3) is 5.76. The van der Waals surface area contributed by atoms with Crippen molar-refractivity contribution in [2.75, 3.05) is 24.3 Å². The fourth-order valence-corrected chi connectivity index (χ4v) is 5.42. The number of hydrogen-bond acceptors (Lipinski definition) is 5. The van der Waals surface area contributed by atoms with Crippen LogP contribution in [0.4, 0.5) is 11.4 Å². The van der Waals surface area contributed by atoms with Gasteiger partial charge in [0.2, 0.25) is 10.0 Å². The van der Waals surface area contributed by atoms with E-state index in [0.29, 0.717) is 17.1 Å². The number of carbonyl (C=O) groups excluding carboxylic acids is 1. The highest BCUT2D eigenvalue weighted by Crippen LogP contribution is 2.29. The van der Waals surface area contributed by atoms with Crippen molar-refractivity contribution in [1.29, 1.82) is 0 Å². The quantitative estimate of drug-likeness (QED) is 0.444. The second-order valence-electron chi connectivity index (χ2n) is 7.93. The number of halogens is 1. The minimum absolute atomic E-state index is 0.127. The Morgan fingerprint density at radius 3 is 2.48 bits per heavy atom. The lowest BCUT2D eigenvalue weighted by molar-refractivity contribution is 0.0996. The number of nitrogens with zero attached hydrogens (tertiary/aromatic N) is 2. The topological polar surface area (TPSA) is 82.9 Å². The molecule has 0 bridgehead atoms. The molecule has 0 spiro atoms. The normalized spacial score (nSPS) is 12.5. The maximum absolute atomic E-state index is 13.6. The molecule has 0 aliphatic carbocycles. The first-order valence-corrected chi connectivity index (χ1v) is 12.4. The van der Waals surface area contributed by atoms with Crippen LogP contribution in [-0.2, 0) is 16.6 Å². The van der Waals surface area contributed by atoms with E-state index in [1.165, 1.54) is 16.6 Å². The van der Waals surface area contributed by atoms with Crippen LogP contribution < -0.4 is 10.2 Å². The Labute approximate surface area is 200 Å². The van der Waals surface area contributed by atoms with Gasteiger partial charge in [-0.05, 0) is 67.4 Å². The van der Waals surface area contributed by atoms with Gasteiger partial charge in [0.1, 0.15) is 0 Å². The van der Waals surface area contributed by atoms with Gasteiger partial charge in [-0.1, -0.05) is 24.6 Å². The molecule has 1 amide bonds. The highest BCUT2D eigenvalue weighted by atomic mass is 35.5. The lowest BCUT2D eigenvalue weighted by atomic mass is 10.1. The molecule has 33 heavy (non-hydrogen) atoms. The van der Waals surface area contributed by atoms with Crippen LogP contribution in [0.15, 0.2) is 70.2 Å². The molecule has 9 heteroatoms. The van der Waals surface area contributed by atoms with E-state index in [9.17, 15) is 13.2 Å². The van der Waals surface area contributed by atoms with E-state index >= 15 is 0 Å². The Hall–Kier alpha value is -2.81. The Balaban J connectivity index is 1.99. The number of amides is 1. The zero-order valence-corrected chi connectivity index (χ0v) is 20.7. The summed E-state index contributed by atoms with van der Waals surface area (Å²) < 4.78 is 33.7. The number of hydrogen-bond donors (Lipinski definition) is 1. The smallest absolute Gasteiger partial charge is 0.291 e. The molecule has 0 aliphatic rings. The fraction of sp³-hybridized carbons (Fsp3) is 0.292. The van der Waals surface area contributed by atoms with E-state index in [4.69, 9.17) is 16.0 Å². The number of rotatable bonds is 9. The van der Waals surface area contributed by atoms with Crippen molar-refractivity contribution in [3.63, 3.8) is 0 Å². The van der Waals surface area contributed by atoms with E-state index in [2.05, 4.69) is 5.32 Å². The molecule has 1 N–H and O–H groups in total. The van der Waals surface area contributed by atoms with E-state index in [-0.39, 0.29) is 29.1 Å². The van der Waals surface area contributed by atoms with Crippen molar-refractivity contribution in [3.8, 4) is 0 Å². The predicted octanol–water partition coefficient (Wildman–Crippen LogP) is 5.24. The van der Waals surface area contributed by atoms with Crippen LogP contribution in [0.3, 0.4) is 0 Å². The van der Waals surface area contributed by atoms with E-state index in [1.54, 1.807) is 42.5 Å². The van der Waals surface area contributed by atoms with Crippen LogP contribution in [0.5, 0.6) is 0 Å². The first-order valence-electron chi connectivity index (χ1n) is 10.6. The van der Waals surface area contributed by atoms with Gasteiger partial charge in [-0.25, -0.2) is 8.42 Å². The third-order valence-corrected chi connectivity index (χ3v) is 7.57. The highest BCUT2D eigenvalue weighted by molar-refractivity contribution is 7.89. The van der Waals surface area contributed by atoms with Crippen LogP contribution in [0, 0.1) is 0 Å². The van der Waals surface area contributed by atoms with Crippen LogP contribution in [0.25, 0.3) is 0 Å². The van der Waals surface area contributed by atoms with E-state index in [0.717, 1.165) is 11.3 Å². The average molecular weight is 490 g/mol. The van der Waals surface area contributed by atoms with Crippen molar-refractivity contribution < 1.29 is 17.6 Å². The first kappa shape index (κ1) is 24.8. The minimum atomic E-state index is -3.82. The molecule has 0 saturated heterocycles. The molecule has 0 unspecified atom stereocenters. The highest BCUT2D eigenvalue weighted by Gasteiger charge is 2.29. The molecule has 0 saturated carbocycles. The summed E-state index contributed by atoms with van der Waals surface area (Å²) in [5.74, 6) is -0.188. The Bertz CT molecular complexity index is 1210. The molecule has 2 aromatic carbocycles. The molecule has 0 aliphatic heterocycles. The van der Waals surface area contributed by atoms with Gasteiger partial charge in [0.25, 0.3) is 5.91 Å². The van der Waals surface area contributed by atoms with Crippen LogP contribution in [-0.4, -0.2) is 38.8 Å². The molecule has 3 rings (SSSR count). The van der Waals surface area contributed by atoms with Crippen LogP contribution >= 0.6 is 11.6 Å². The second kappa shape index (κ2) is 10.4. The number of sulfonamides is 1. The summed E-state index contributed by atoms with van der Waals surface area (Å²) in [6.45, 7) is 3.94. The molecule has 0 fully saturated rings. The zero-order valence-electron chi connectivity index (χ0n) is 19.1. The number of furan rings is 1. The summed E-state index contributed by atoms with van der Waals surface area (Å²) in [4.78, 5) is 14.5. The number of carbonyl (C=O) groups is 1. The molecule has 0 radical (unpaired) electrons. The standard InChI is InChI=1S/C24H28ClN3O4S/c1-5-17(2)28(33(30,31)21-9-6-8-19(25)15-21)16-18-14-20(11-12-22(18)27(3)4)26-24(29)23-10-7-13-32-23/h6-15,17H,5,16H2,1-4H3,(H,26,29)/t17-/m1/s1. The van der Waals surface area contributed by atoms with Gasteiger partial charge >= 0.3 is 0 Å². The van der Waals surface area contributed by atoms with Gasteiger partial charge in [-0.2, -0.15) is 4.31 Å². The van der Waals surface area contributed by atoms with Gasteiger partial charge in [-0.3, -0.25) is 4.79 Å². The molecule has 7 nitrogen and oxygen atoms in total. The maximum atomic E-state index is 13.6. The largest absolute Gasteiger partial charge is 0.459 e. The van der Waals surface area contributed by atoms with Crippen LogP contribution in [0.1, 0.15) is 36.4 Å². The van der Waals surface area contributed by atoms with Crippen LogP contribution in [0.2, 0.25) is 5.02 Å². The predicted molar refractivity (Wildman–Crippen MR) is 131 cm³/mol. The lowest BCUT2D eigenvalue weighted by Crippen LogP contribution is -2.38. The van der Waals surface area contributed by atoms with Crippen molar-refractivity contribution in [1.82, 2.24) is 4.31 Å². The summed E-state index contributed by atoms with van der Waals surface area (Å²) >= 11 is 6.07. The molecule has 3 aromatic rings. The SMILES string of the molecule is CC[C@@H](C)N(Cc1cc(NC(=O)c2ccco2)ccc1N(C)C)S(=O)(=O)c1cccc(Cl)c1. The first-order chi connectivity index (χ1) is 15.6. The number of nitrogens with one attached hydrogen (secondary N) is 1. The van der Waals surface area contributed by atoms with Gasteiger partial charge in [0.15, 0.2) is 5.76 Å². The van der Waals surface area contributed by atoms with Crippen molar-refractivity contribution in [3.05, 3.63) is 77.2 Å². The van der Waals surface area contributed by atoms with E-state index in [1.807, 2.05) is 38.9 Å². The monoisotopic (exact) mass is 489 g/mol. The Morgan fingerprint density at radius 1 is 1.12 bits per heavy atom. The lowest BCUT2D eigenvalue weighted by Gasteiger charge is -2.30. The van der Waals surface area contributed by atoms with Crippen molar-refractivity contribution >= 4 is 38.9 Å². The summed E-state index contributed by atoms with van der Waals surface area (Å²) in [5.41, 5.74) is 2.14. The van der Waals surface area contributed by atoms with E-state index < -0.39 is 10.0 Å². The molecule has 1 atom stereocenters. The van der Waals surface area contributed by atoms with Crippen molar-refractivity contribution in [2.45, 2.75) is 37.8 Å². The minimum Gasteiger partial charge on any atom is -0.459 e. The Morgan fingerprint density at radius 2 is 1.88 bits per heavy atom.